The molecule has 4 heteroatoms. The molecule has 2 aromatic carbocycles. The van der Waals surface area contributed by atoms with Gasteiger partial charge in [0.1, 0.15) is 0 Å². The maximum Gasteiger partial charge on any atom is 0.335 e. The lowest BCUT2D eigenvalue weighted by Gasteiger charge is -2.56. The first kappa shape index (κ1) is 16.8. The van der Waals surface area contributed by atoms with E-state index < -0.39 is 5.97 Å². The summed E-state index contributed by atoms with van der Waals surface area (Å²) in [6.45, 7) is 6.74. The summed E-state index contributed by atoms with van der Waals surface area (Å²) in [5.74, 6) is -0.352. The van der Waals surface area contributed by atoms with E-state index in [9.17, 15) is 9.90 Å². The highest BCUT2D eigenvalue weighted by molar-refractivity contribution is 5.89. The molecule has 0 aromatic heterocycles. The number of hydrogen-bond donors (Lipinski definition) is 2. The first-order valence-electron chi connectivity index (χ1n) is 9.90. The van der Waals surface area contributed by atoms with E-state index in [0.29, 0.717) is 23.6 Å². The maximum absolute atomic E-state index is 11.5. The highest BCUT2D eigenvalue weighted by atomic mass is 16.4. The zero-order valence-corrected chi connectivity index (χ0v) is 15.9. The number of nitrogens with zero attached hydrogens (tertiary/aromatic N) is 1. The fourth-order valence-corrected chi connectivity index (χ4v) is 5.68. The van der Waals surface area contributed by atoms with Crippen LogP contribution in [0.2, 0.25) is 0 Å². The smallest absolute Gasteiger partial charge is 0.335 e. The van der Waals surface area contributed by atoms with Crippen molar-refractivity contribution in [1.82, 2.24) is 4.90 Å². The molecular formula is C23H26N2O2. The largest absolute Gasteiger partial charge is 0.478 e. The lowest BCUT2D eigenvalue weighted by molar-refractivity contribution is 0.0493. The van der Waals surface area contributed by atoms with Crippen LogP contribution >= 0.6 is 0 Å². The molecule has 2 aromatic rings. The van der Waals surface area contributed by atoms with Crippen molar-refractivity contribution in [3.63, 3.8) is 0 Å². The van der Waals surface area contributed by atoms with Crippen LogP contribution in [0.5, 0.6) is 0 Å². The SMILES string of the molecule is CC1(C)c2cc(C(=O)O)ccc2N[C@@H]2[C@@H]3Cc4ccccc4CN3CC[C@@H]21. The predicted molar refractivity (Wildman–Crippen MR) is 106 cm³/mol. The van der Waals surface area contributed by atoms with Gasteiger partial charge in [0.05, 0.1) is 5.56 Å². The van der Waals surface area contributed by atoms with E-state index in [1.807, 2.05) is 12.1 Å². The van der Waals surface area contributed by atoms with Crippen LogP contribution in [0.3, 0.4) is 0 Å². The quantitative estimate of drug-likeness (QED) is 0.808. The minimum Gasteiger partial charge on any atom is -0.478 e. The fraction of sp³-hybridized carbons (Fsp3) is 0.435. The molecule has 5 rings (SSSR count). The third-order valence-corrected chi connectivity index (χ3v) is 7.18. The maximum atomic E-state index is 11.5. The van der Waals surface area contributed by atoms with Crippen molar-refractivity contribution in [2.24, 2.45) is 5.92 Å². The summed E-state index contributed by atoms with van der Waals surface area (Å²) < 4.78 is 0. The minimum atomic E-state index is -0.852. The van der Waals surface area contributed by atoms with Gasteiger partial charge in [-0.05, 0) is 65.6 Å². The number of carboxylic acid groups (broad SMARTS) is 1. The summed E-state index contributed by atoms with van der Waals surface area (Å²) in [5, 5.41) is 13.2. The number of fused-ring (bicyclic) bond motifs is 5. The number of aromatic carboxylic acids is 1. The van der Waals surface area contributed by atoms with Crippen LogP contribution in [-0.2, 0) is 18.4 Å². The van der Waals surface area contributed by atoms with Gasteiger partial charge in [-0.2, -0.15) is 0 Å². The van der Waals surface area contributed by atoms with Crippen LogP contribution in [0.1, 0.15) is 47.3 Å². The topological polar surface area (TPSA) is 52.6 Å². The van der Waals surface area contributed by atoms with Crippen molar-refractivity contribution in [3.05, 3.63) is 64.7 Å². The van der Waals surface area contributed by atoms with Crippen LogP contribution in [0, 0.1) is 5.92 Å². The number of nitrogens with one attached hydrogen (secondary N) is 1. The summed E-state index contributed by atoms with van der Waals surface area (Å²) in [5.41, 5.74) is 5.53. The fourth-order valence-electron chi connectivity index (χ4n) is 5.68. The van der Waals surface area contributed by atoms with E-state index in [1.54, 1.807) is 6.07 Å². The van der Waals surface area contributed by atoms with Crippen LogP contribution in [0.25, 0.3) is 0 Å². The predicted octanol–water partition coefficient (Wildman–Crippen LogP) is 3.90. The summed E-state index contributed by atoms with van der Waals surface area (Å²) in [6, 6.07) is 15.3. The number of hydrogen-bond acceptors (Lipinski definition) is 3. The summed E-state index contributed by atoms with van der Waals surface area (Å²) in [6.07, 6.45) is 2.23. The number of piperidine rings is 1. The van der Waals surface area contributed by atoms with E-state index >= 15 is 0 Å². The Morgan fingerprint density at radius 1 is 1.19 bits per heavy atom. The van der Waals surface area contributed by atoms with E-state index in [1.165, 1.54) is 11.1 Å². The molecule has 3 atom stereocenters. The number of anilines is 1. The molecule has 3 heterocycles. The molecule has 1 saturated heterocycles. The lowest BCUT2D eigenvalue weighted by Crippen LogP contribution is -2.62. The Labute approximate surface area is 160 Å². The van der Waals surface area contributed by atoms with E-state index in [0.717, 1.165) is 37.2 Å². The van der Waals surface area contributed by atoms with E-state index in [-0.39, 0.29) is 5.41 Å². The monoisotopic (exact) mass is 362 g/mol. The second-order valence-electron chi connectivity index (χ2n) is 8.86. The van der Waals surface area contributed by atoms with Crippen molar-refractivity contribution < 1.29 is 9.90 Å². The second-order valence-corrected chi connectivity index (χ2v) is 8.86. The van der Waals surface area contributed by atoms with Gasteiger partial charge in [0, 0.05) is 24.3 Å². The summed E-state index contributed by atoms with van der Waals surface area (Å²) in [7, 11) is 0. The molecule has 4 nitrogen and oxygen atoms in total. The van der Waals surface area contributed by atoms with Gasteiger partial charge in [0.2, 0.25) is 0 Å². The van der Waals surface area contributed by atoms with Crippen LogP contribution in [0.15, 0.2) is 42.5 Å². The number of benzene rings is 2. The van der Waals surface area contributed by atoms with Crippen molar-refractivity contribution in [2.75, 3.05) is 11.9 Å². The van der Waals surface area contributed by atoms with E-state index in [4.69, 9.17) is 0 Å². The minimum absolute atomic E-state index is 0.0419. The molecule has 27 heavy (non-hydrogen) atoms. The molecule has 2 N–H and O–H groups in total. The van der Waals surface area contributed by atoms with E-state index in [2.05, 4.69) is 48.3 Å². The van der Waals surface area contributed by atoms with Gasteiger partial charge in [-0.25, -0.2) is 4.79 Å². The Hall–Kier alpha value is -2.33. The normalized spacial score (nSPS) is 28.1. The Kier molecular flexibility index (Phi) is 3.63. The first-order valence-corrected chi connectivity index (χ1v) is 9.90. The van der Waals surface area contributed by atoms with Gasteiger partial charge in [-0.3, -0.25) is 4.90 Å². The molecule has 0 amide bonds. The Morgan fingerprint density at radius 3 is 2.74 bits per heavy atom. The summed E-state index contributed by atoms with van der Waals surface area (Å²) >= 11 is 0. The third-order valence-electron chi connectivity index (χ3n) is 7.18. The van der Waals surface area contributed by atoms with Crippen LogP contribution in [-0.4, -0.2) is 34.6 Å². The lowest BCUT2D eigenvalue weighted by atomic mass is 9.62. The van der Waals surface area contributed by atoms with Gasteiger partial charge in [-0.1, -0.05) is 38.1 Å². The van der Waals surface area contributed by atoms with Crippen molar-refractivity contribution >= 4 is 11.7 Å². The van der Waals surface area contributed by atoms with Crippen LogP contribution < -0.4 is 5.32 Å². The molecule has 0 radical (unpaired) electrons. The van der Waals surface area contributed by atoms with Gasteiger partial charge in [0.15, 0.2) is 0 Å². The van der Waals surface area contributed by atoms with Gasteiger partial charge in [-0.15, -0.1) is 0 Å². The number of carbonyl (C=O) groups is 1. The molecule has 1 fully saturated rings. The van der Waals surface area contributed by atoms with Crippen molar-refractivity contribution in [2.45, 2.75) is 50.7 Å². The molecule has 3 aliphatic rings. The average molecular weight is 362 g/mol. The van der Waals surface area contributed by atoms with Crippen LogP contribution in [0.4, 0.5) is 5.69 Å². The Morgan fingerprint density at radius 2 is 1.96 bits per heavy atom. The number of carboxylic acids is 1. The molecule has 140 valence electrons. The molecule has 0 bridgehead atoms. The molecular weight excluding hydrogens is 336 g/mol. The molecule has 3 aliphatic heterocycles. The Bertz CT molecular complexity index is 920. The highest BCUT2D eigenvalue weighted by Gasteiger charge is 2.49. The summed E-state index contributed by atoms with van der Waals surface area (Å²) in [4.78, 5) is 14.1. The molecule has 0 saturated carbocycles. The van der Waals surface area contributed by atoms with Gasteiger partial charge >= 0.3 is 5.97 Å². The number of rotatable bonds is 1. The van der Waals surface area contributed by atoms with Gasteiger partial charge < -0.3 is 10.4 Å². The first-order chi connectivity index (χ1) is 12.9. The zero-order chi connectivity index (χ0) is 18.8. The third kappa shape index (κ3) is 2.50. The average Bonchev–Trinajstić information content (AvgIpc) is 2.66. The molecule has 0 unspecified atom stereocenters. The highest BCUT2D eigenvalue weighted by Crippen LogP contribution is 2.49. The molecule has 0 aliphatic carbocycles. The zero-order valence-electron chi connectivity index (χ0n) is 15.9. The van der Waals surface area contributed by atoms with Crippen molar-refractivity contribution in [1.29, 1.82) is 0 Å². The van der Waals surface area contributed by atoms with Gasteiger partial charge in [0.25, 0.3) is 0 Å². The molecule has 0 spiro atoms. The standard InChI is InChI=1S/C23H26N2O2/c1-23(2)17-9-10-25-13-16-6-4-3-5-14(16)12-20(25)21(17)24-19-8-7-15(22(26)27)11-18(19)23/h3-8,11,17,20-21,24H,9-10,12-13H2,1-2H3,(H,26,27)/t17-,20-,21-/m0/s1. The Balaban J connectivity index is 1.54. The second kappa shape index (κ2) is 5.83. The van der Waals surface area contributed by atoms with Crippen molar-refractivity contribution in [3.8, 4) is 0 Å².